The van der Waals surface area contributed by atoms with Crippen LogP contribution in [0.2, 0.25) is 0 Å². The minimum absolute atomic E-state index is 0.0467. The number of carboxylic acid groups (broad SMARTS) is 1. The summed E-state index contributed by atoms with van der Waals surface area (Å²) in [6, 6.07) is 4.69. The molecule has 1 amide bonds. The van der Waals surface area contributed by atoms with Crippen LogP contribution in [0.3, 0.4) is 0 Å². The monoisotopic (exact) mass is 320 g/mol. The van der Waals surface area contributed by atoms with Crippen molar-refractivity contribution in [3.05, 3.63) is 51.5 Å². The number of nitrogens with one attached hydrogen (secondary N) is 1. The first kappa shape index (κ1) is 16.1. The maximum atomic E-state index is 12.3. The van der Waals surface area contributed by atoms with E-state index in [0.717, 1.165) is 4.88 Å². The zero-order valence-electron chi connectivity index (χ0n) is 11.9. The zero-order chi connectivity index (χ0) is 16.1. The van der Waals surface area contributed by atoms with Crippen LogP contribution in [0, 0.1) is 6.92 Å². The molecule has 7 heteroatoms. The number of pyridine rings is 1. The van der Waals surface area contributed by atoms with Crippen molar-refractivity contribution in [2.75, 3.05) is 6.61 Å². The third kappa shape index (κ3) is 3.90. The molecule has 0 bridgehead atoms. The van der Waals surface area contributed by atoms with Gasteiger partial charge < -0.3 is 15.5 Å². The van der Waals surface area contributed by atoms with Crippen molar-refractivity contribution in [2.24, 2.45) is 0 Å². The van der Waals surface area contributed by atoms with E-state index < -0.39 is 17.9 Å². The van der Waals surface area contributed by atoms with Crippen molar-refractivity contribution in [1.29, 1.82) is 0 Å². The molecule has 0 aliphatic carbocycles. The third-order valence-corrected chi connectivity index (χ3v) is 4.06. The van der Waals surface area contributed by atoms with Gasteiger partial charge in [0.1, 0.15) is 0 Å². The van der Waals surface area contributed by atoms with Gasteiger partial charge in [-0.1, -0.05) is 6.07 Å². The van der Waals surface area contributed by atoms with Gasteiger partial charge in [0.05, 0.1) is 29.5 Å². The summed E-state index contributed by atoms with van der Waals surface area (Å²) < 4.78 is 0. The molecule has 0 saturated heterocycles. The van der Waals surface area contributed by atoms with E-state index in [0.29, 0.717) is 12.1 Å². The van der Waals surface area contributed by atoms with Gasteiger partial charge in [0.2, 0.25) is 0 Å². The number of aliphatic hydroxyl groups excluding tert-OH is 1. The molecule has 6 nitrogen and oxygen atoms in total. The van der Waals surface area contributed by atoms with Crippen molar-refractivity contribution in [3.63, 3.8) is 0 Å². The van der Waals surface area contributed by atoms with Gasteiger partial charge >= 0.3 is 5.97 Å². The summed E-state index contributed by atoms with van der Waals surface area (Å²) in [6.45, 7) is 1.43. The lowest BCUT2D eigenvalue weighted by molar-refractivity contribution is 0.0696. The molecule has 0 fully saturated rings. The molecule has 0 aromatic carbocycles. The summed E-state index contributed by atoms with van der Waals surface area (Å²) in [5, 5.41) is 23.0. The number of aromatic carboxylic acids is 1. The van der Waals surface area contributed by atoms with Gasteiger partial charge in [0.25, 0.3) is 5.91 Å². The second kappa shape index (κ2) is 7.15. The second-order valence-electron chi connectivity index (χ2n) is 4.80. The van der Waals surface area contributed by atoms with Crippen LogP contribution < -0.4 is 5.32 Å². The second-order valence-corrected chi connectivity index (χ2v) is 5.83. The van der Waals surface area contributed by atoms with Gasteiger partial charge in [-0.05, 0) is 24.4 Å². The Morgan fingerprint density at radius 2 is 2.23 bits per heavy atom. The van der Waals surface area contributed by atoms with Gasteiger partial charge in [-0.2, -0.15) is 0 Å². The number of hydrogen-bond donors (Lipinski definition) is 3. The lowest BCUT2D eigenvalue weighted by Crippen LogP contribution is -2.39. The molecule has 3 N–H and O–H groups in total. The predicted octanol–water partition coefficient (Wildman–Crippen LogP) is 1.48. The minimum Gasteiger partial charge on any atom is -0.478 e. The minimum atomic E-state index is -1.14. The molecule has 0 saturated carbocycles. The molecule has 0 aliphatic heterocycles. The van der Waals surface area contributed by atoms with Crippen LogP contribution >= 0.6 is 11.3 Å². The van der Waals surface area contributed by atoms with Crippen LogP contribution in [0.4, 0.5) is 0 Å². The van der Waals surface area contributed by atoms with Crippen molar-refractivity contribution in [2.45, 2.75) is 19.4 Å². The van der Waals surface area contributed by atoms with Crippen LogP contribution in [-0.2, 0) is 6.42 Å². The highest BCUT2D eigenvalue weighted by molar-refractivity contribution is 7.09. The van der Waals surface area contributed by atoms with E-state index in [1.165, 1.54) is 12.3 Å². The molecular formula is C15H16N2O4S. The third-order valence-electron chi connectivity index (χ3n) is 3.16. The van der Waals surface area contributed by atoms with Gasteiger partial charge in [0.15, 0.2) is 0 Å². The van der Waals surface area contributed by atoms with E-state index >= 15 is 0 Å². The molecule has 1 atom stereocenters. The van der Waals surface area contributed by atoms with Crippen LogP contribution in [0.25, 0.3) is 0 Å². The lowest BCUT2D eigenvalue weighted by atomic mass is 10.1. The number of thiophene rings is 1. The molecule has 2 heterocycles. The summed E-state index contributed by atoms with van der Waals surface area (Å²) in [6.07, 6.45) is 1.73. The van der Waals surface area contributed by atoms with Crippen molar-refractivity contribution in [1.82, 2.24) is 10.3 Å². The van der Waals surface area contributed by atoms with Crippen LogP contribution in [0.15, 0.2) is 29.8 Å². The van der Waals surface area contributed by atoms with Crippen LogP contribution in [0.5, 0.6) is 0 Å². The molecule has 22 heavy (non-hydrogen) atoms. The van der Waals surface area contributed by atoms with Crippen molar-refractivity contribution < 1.29 is 19.8 Å². The highest BCUT2D eigenvalue weighted by atomic mass is 32.1. The maximum absolute atomic E-state index is 12.3. The Bertz CT molecular complexity index is 670. The van der Waals surface area contributed by atoms with E-state index in [-0.39, 0.29) is 17.7 Å². The topological polar surface area (TPSA) is 99.5 Å². The van der Waals surface area contributed by atoms with Crippen LogP contribution in [0.1, 0.15) is 31.3 Å². The van der Waals surface area contributed by atoms with Gasteiger partial charge in [0, 0.05) is 17.5 Å². The Labute approximate surface area is 131 Å². The number of rotatable bonds is 6. The molecule has 0 radical (unpaired) electrons. The van der Waals surface area contributed by atoms with E-state index in [9.17, 15) is 14.7 Å². The lowest BCUT2D eigenvalue weighted by Gasteiger charge is -2.16. The Morgan fingerprint density at radius 1 is 1.45 bits per heavy atom. The molecular weight excluding hydrogens is 304 g/mol. The molecule has 2 aromatic heterocycles. The fourth-order valence-corrected chi connectivity index (χ4v) is 2.76. The number of hydrogen-bond acceptors (Lipinski definition) is 5. The van der Waals surface area contributed by atoms with Gasteiger partial charge in [-0.15, -0.1) is 11.3 Å². The largest absolute Gasteiger partial charge is 0.478 e. The number of amides is 1. The summed E-state index contributed by atoms with van der Waals surface area (Å²) in [5.74, 6) is -1.58. The molecule has 0 aliphatic rings. The number of aryl methyl sites for hydroxylation is 1. The Kier molecular flexibility index (Phi) is 5.24. The summed E-state index contributed by atoms with van der Waals surface area (Å²) >= 11 is 1.55. The van der Waals surface area contributed by atoms with E-state index in [2.05, 4.69) is 10.3 Å². The Balaban J connectivity index is 2.13. The average Bonchev–Trinajstić information content (AvgIpc) is 2.99. The quantitative estimate of drug-likeness (QED) is 0.749. The summed E-state index contributed by atoms with van der Waals surface area (Å²) in [5.41, 5.74) is 0.592. The number of carboxylic acids is 1. The summed E-state index contributed by atoms with van der Waals surface area (Å²) in [7, 11) is 0. The summed E-state index contributed by atoms with van der Waals surface area (Å²) in [4.78, 5) is 28.2. The first-order valence-electron chi connectivity index (χ1n) is 6.65. The average molecular weight is 320 g/mol. The SMILES string of the molecule is Cc1ncc(C(=O)O)cc1C(=O)NC(CO)Cc1cccs1. The zero-order valence-corrected chi connectivity index (χ0v) is 12.8. The standard InChI is InChI=1S/C15H16N2O4S/c1-9-13(5-10(7-16-9)15(20)21)14(19)17-11(8-18)6-12-3-2-4-22-12/h2-5,7,11,18H,6,8H2,1H3,(H,17,19)(H,20,21). The number of carbonyl (C=O) groups excluding carboxylic acids is 1. The normalized spacial score (nSPS) is 11.9. The van der Waals surface area contributed by atoms with E-state index in [4.69, 9.17) is 5.11 Å². The molecule has 0 spiro atoms. The first-order chi connectivity index (χ1) is 10.5. The predicted molar refractivity (Wildman–Crippen MR) is 82.3 cm³/mol. The van der Waals surface area contributed by atoms with E-state index in [1.54, 1.807) is 18.3 Å². The first-order valence-corrected chi connectivity index (χ1v) is 7.53. The Hall–Kier alpha value is -2.25. The maximum Gasteiger partial charge on any atom is 0.337 e. The highest BCUT2D eigenvalue weighted by Gasteiger charge is 2.18. The molecule has 1 unspecified atom stereocenters. The van der Waals surface area contributed by atoms with Crippen LogP contribution in [-0.4, -0.2) is 39.7 Å². The number of aromatic nitrogens is 1. The Morgan fingerprint density at radius 3 is 2.82 bits per heavy atom. The molecule has 116 valence electrons. The van der Waals surface area contributed by atoms with Gasteiger partial charge in [-0.3, -0.25) is 9.78 Å². The molecule has 2 rings (SSSR count). The van der Waals surface area contributed by atoms with Gasteiger partial charge in [-0.25, -0.2) is 4.79 Å². The highest BCUT2D eigenvalue weighted by Crippen LogP contribution is 2.13. The fraction of sp³-hybridized carbons (Fsp3) is 0.267. The fourth-order valence-electron chi connectivity index (χ4n) is 1.98. The van der Waals surface area contributed by atoms with Crippen molar-refractivity contribution in [3.8, 4) is 0 Å². The smallest absolute Gasteiger partial charge is 0.337 e. The number of carbonyl (C=O) groups is 2. The number of nitrogens with zero attached hydrogens (tertiary/aromatic N) is 1. The van der Waals surface area contributed by atoms with E-state index in [1.807, 2.05) is 17.5 Å². The van der Waals surface area contributed by atoms with Crippen molar-refractivity contribution >= 4 is 23.2 Å². The number of aliphatic hydroxyl groups is 1. The molecule has 2 aromatic rings.